The molecule has 0 radical (unpaired) electrons. The van der Waals surface area contributed by atoms with Crippen molar-refractivity contribution in [2.75, 3.05) is 12.4 Å². The van der Waals surface area contributed by atoms with Gasteiger partial charge in [0.2, 0.25) is 0 Å². The van der Waals surface area contributed by atoms with Crippen molar-refractivity contribution in [2.45, 2.75) is 13.0 Å². The number of para-hydroxylation sites is 1. The van der Waals surface area contributed by atoms with E-state index in [4.69, 9.17) is 9.47 Å². The Morgan fingerprint density at radius 2 is 1.60 bits per heavy atom. The molecule has 1 amide bonds. The lowest BCUT2D eigenvalue weighted by Gasteiger charge is -2.15. The molecule has 4 nitrogen and oxygen atoms in total. The van der Waals surface area contributed by atoms with Gasteiger partial charge in [-0.25, -0.2) is 0 Å². The molecule has 1 atom stereocenters. The summed E-state index contributed by atoms with van der Waals surface area (Å²) < 4.78 is 10.6. The lowest BCUT2D eigenvalue weighted by molar-refractivity contribution is -0.122. The summed E-state index contributed by atoms with van der Waals surface area (Å²) in [6.45, 7) is 1.71. The summed E-state index contributed by atoms with van der Waals surface area (Å²) in [5.41, 5.74) is 0.752. The molecule has 104 valence electrons. The van der Waals surface area contributed by atoms with E-state index in [1.54, 1.807) is 38.3 Å². The van der Waals surface area contributed by atoms with Crippen molar-refractivity contribution < 1.29 is 14.3 Å². The van der Waals surface area contributed by atoms with Crippen LogP contribution in [0.15, 0.2) is 54.6 Å². The highest BCUT2D eigenvalue weighted by atomic mass is 16.5. The van der Waals surface area contributed by atoms with Crippen LogP contribution < -0.4 is 14.8 Å². The van der Waals surface area contributed by atoms with Crippen LogP contribution in [0.3, 0.4) is 0 Å². The van der Waals surface area contributed by atoms with Crippen LogP contribution in [0.2, 0.25) is 0 Å². The summed E-state index contributed by atoms with van der Waals surface area (Å²) in [6.07, 6.45) is -0.580. The second kappa shape index (κ2) is 6.61. The van der Waals surface area contributed by atoms with Crippen LogP contribution in [0.25, 0.3) is 0 Å². The van der Waals surface area contributed by atoms with Crippen LogP contribution in [0.4, 0.5) is 5.69 Å². The second-order valence-corrected chi connectivity index (χ2v) is 4.29. The fraction of sp³-hybridized carbons (Fsp3) is 0.188. The Bertz CT molecular complexity index is 552. The molecular formula is C16H17NO3. The number of carbonyl (C=O) groups is 1. The number of carbonyl (C=O) groups excluding carboxylic acids is 1. The van der Waals surface area contributed by atoms with Crippen molar-refractivity contribution >= 4 is 11.6 Å². The minimum absolute atomic E-state index is 0.188. The molecule has 0 aliphatic carbocycles. The smallest absolute Gasteiger partial charge is 0.265 e. The van der Waals surface area contributed by atoms with E-state index >= 15 is 0 Å². The van der Waals surface area contributed by atoms with Crippen LogP contribution in [0, 0.1) is 0 Å². The Kier molecular flexibility index (Phi) is 4.60. The number of nitrogens with one attached hydrogen (secondary N) is 1. The number of benzene rings is 2. The molecule has 0 bridgehead atoms. The summed E-state index contributed by atoms with van der Waals surface area (Å²) in [5.74, 6) is 1.19. The fourth-order valence-electron chi connectivity index (χ4n) is 1.68. The first kappa shape index (κ1) is 13.9. The Labute approximate surface area is 118 Å². The van der Waals surface area contributed by atoms with Gasteiger partial charge >= 0.3 is 0 Å². The third-order valence-corrected chi connectivity index (χ3v) is 2.78. The number of amides is 1. The molecule has 0 aliphatic heterocycles. The molecule has 2 aromatic rings. The van der Waals surface area contributed by atoms with E-state index in [9.17, 15) is 4.79 Å². The van der Waals surface area contributed by atoms with Crippen molar-refractivity contribution in [2.24, 2.45) is 0 Å². The van der Waals surface area contributed by atoms with E-state index < -0.39 is 6.10 Å². The first-order valence-electron chi connectivity index (χ1n) is 6.35. The van der Waals surface area contributed by atoms with Gasteiger partial charge in [0.15, 0.2) is 6.10 Å². The van der Waals surface area contributed by atoms with E-state index in [1.165, 1.54) is 0 Å². The Morgan fingerprint density at radius 1 is 1.00 bits per heavy atom. The third kappa shape index (κ3) is 3.75. The van der Waals surface area contributed by atoms with Gasteiger partial charge in [0.05, 0.1) is 7.11 Å². The summed E-state index contributed by atoms with van der Waals surface area (Å²) in [5, 5.41) is 2.80. The maximum absolute atomic E-state index is 12.0. The van der Waals surface area contributed by atoms with Crippen LogP contribution in [0.5, 0.6) is 11.5 Å². The van der Waals surface area contributed by atoms with Crippen LogP contribution in [-0.2, 0) is 4.79 Å². The predicted molar refractivity (Wildman–Crippen MR) is 78.2 cm³/mol. The first-order chi connectivity index (χ1) is 9.69. The van der Waals surface area contributed by atoms with Gasteiger partial charge in [-0.3, -0.25) is 4.79 Å². The molecule has 0 fully saturated rings. The van der Waals surface area contributed by atoms with Crippen molar-refractivity contribution in [3.63, 3.8) is 0 Å². The van der Waals surface area contributed by atoms with Gasteiger partial charge in [0.25, 0.3) is 5.91 Å². The molecule has 0 saturated carbocycles. The van der Waals surface area contributed by atoms with E-state index in [-0.39, 0.29) is 5.91 Å². The largest absolute Gasteiger partial charge is 0.497 e. The summed E-state index contributed by atoms with van der Waals surface area (Å²) in [4.78, 5) is 12.0. The molecule has 0 heterocycles. The summed E-state index contributed by atoms with van der Waals surface area (Å²) >= 11 is 0. The number of anilines is 1. The molecule has 0 aromatic heterocycles. The predicted octanol–water partition coefficient (Wildman–Crippen LogP) is 3.10. The van der Waals surface area contributed by atoms with Crippen molar-refractivity contribution in [3.05, 3.63) is 54.6 Å². The first-order valence-corrected chi connectivity index (χ1v) is 6.35. The number of hydrogen-bond acceptors (Lipinski definition) is 3. The van der Waals surface area contributed by atoms with Gasteiger partial charge in [-0.15, -0.1) is 0 Å². The fourth-order valence-corrected chi connectivity index (χ4v) is 1.68. The Morgan fingerprint density at radius 3 is 2.20 bits per heavy atom. The highest BCUT2D eigenvalue weighted by Gasteiger charge is 2.14. The normalized spacial score (nSPS) is 11.5. The summed E-state index contributed by atoms with van der Waals surface area (Å²) in [6, 6.07) is 16.4. The van der Waals surface area contributed by atoms with E-state index in [0.717, 1.165) is 11.4 Å². The molecule has 0 aliphatic rings. The van der Waals surface area contributed by atoms with Crippen molar-refractivity contribution in [1.82, 2.24) is 0 Å². The quantitative estimate of drug-likeness (QED) is 0.909. The maximum atomic E-state index is 12.0. The minimum Gasteiger partial charge on any atom is -0.497 e. The van der Waals surface area contributed by atoms with E-state index in [1.807, 2.05) is 30.3 Å². The maximum Gasteiger partial charge on any atom is 0.265 e. The van der Waals surface area contributed by atoms with Gasteiger partial charge in [0.1, 0.15) is 11.5 Å². The molecule has 0 saturated heterocycles. The molecule has 2 aromatic carbocycles. The van der Waals surface area contributed by atoms with Gasteiger partial charge in [-0.05, 0) is 43.3 Å². The zero-order chi connectivity index (χ0) is 14.4. The monoisotopic (exact) mass is 271 g/mol. The van der Waals surface area contributed by atoms with Crippen LogP contribution >= 0.6 is 0 Å². The summed E-state index contributed by atoms with van der Waals surface area (Å²) in [7, 11) is 1.60. The molecule has 1 N–H and O–H groups in total. The number of rotatable bonds is 5. The topological polar surface area (TPSA) is 47.6 Å². The Hall–Kier alpha value is -2.49. The lowest BCUT2D eigenvalue weighted by atomic mass is 10.3. The third-order valence-electron chi connectivity index (χ3n) is 2.78. The molecule has 2 rings (SSSR count). The molecular weight excluding hydrogens is 254 g/mol. The van der Waals surface area contributed by atoms with Crippen LogP contribution in [0.1, 0.15) is 6.92 Å². The zero-order valence-electron chi connectivity index (χ0n) is 11.5. The van der Waals surface area contributed by atoms with Gasteiger partial charge < -0.3 is 14.8 Å². The minimum atomic E-state index is -0.580. The standard InChI is InChI=1S/C16H17NO3/c1-12(16(18)17-13-6-4-3-5-7-13)20-15-10-8-14(19-2)9-11-15/h3-12H,1-2H3,(H,17,18)/t12-/m1/s1. The molecule has 4 heteroatoms. The SMILES string of the molecule is COc1ccc(O[C@H](C)C(=O)Nc2ccccc2)cc1. The highest BCUT2D eigenvalue weighted by Crippen LogP contribution is 2.18. The highest BCUT2D eigenvalue weighted by molar-refractivity contribution is 5.94. The van der Waals surface area contributed by atoms with Gasteiger partial charge in [-0.1, -0.05) is 18.2 Å². The van der Waals surface area contributed by atoms with Crippen LogP contribution in [-0.4, -0.2) is 19.1 Å². The molecule has 0 unspecified atom stereocenters. The average molecular weight is 271 g/mol. The number of hydrogen-bond donors (Lipinski definition) is 1. The van der Waals surface area contributed by atoms with Crippen molar-refractivity contribution in [3.8, 4) is 11.5 Å². The lowest BCUT2D eigenvalue weighted by Crippen LogP contribution is -2.30. The molecule has 20 heavy (non-hydrogen) atoms. The van der Waals surface area contributed by atoms with E-state index in [0.29, 0.717) is 5.75 Å². The average Bonchev–Trinajstić information content (AvgIpc) is 2.49. The van der Waals surface area contributed by atoms with Crippen molar-refractivity contribution in [1.29, 1.82) is 0 Å². The molecule has 0 spiro atoms. The number of ether oxygens (including phenoxy) is 2. The van der Waals surface area contributed by atoms with Gasteiger partial charge in [0, 0.05) is 5.69 Å². The van der Waals surface area contributed by atoms with Gasteiger partial charge in [-0.2, -0.15) is 0 Å². The second-order valence-electron chi connectivity index (χ2n) is 4.29. The number of methoxy groups -OCH3 is 1. The Balaban J connectivity index is 1.93. The van der Waals surface area contributed by atoms with E-state index in [2.05, 4.69) is 5.32 Å². The zero-order valence-corrected chi connectivity index (χ0v) is 11.5.